The molecule has 1 aliphatic heterocycles. The van der Waals surface area contributed by atoms with Gasteiger partial charge < -0.3 is 25.0 Å². The Bertz CT molecular complexity index is 618. The van der Waals surface area contributed by atoms with Crippen LogP contribution in [0.25, 0.3) is 0 Å². The minimum atomic E-state index is 0. The molecule has 8 heteroatoms. The molecule has 0 bridgehead atoms. The number of halogens is 1. The van der Waals surface area contributed by atoms with Crippen molar-refractivity contribution < 1.29 is 9.47 Å². The molecule has 2 aliphatic rings. The van der Waals surface area contributed by atoms with Crippen molar-refractivity contribution in [2.24, 2.45) is 10.4 Å². The molecule has 0 radical (unpaired) electrons. The van der Waals surface area contributed by atoms with Crippen molar-refractivity contribution in [3.05, 3.63) is 23.9 Å². The lowest BCUT2D eigenvalue weighted by Crippen LogP contribution is -2.46. The molecule has 1 saturated heterocycles. The molecule has 0 unspecified atom stereocenters. The standard InChI is InChI=1S/C20H33N5O2.HI/c1-21-19(24-16-20(6-4-7-20)8-12-26-2)23-15-17-5-3-9-22-18(17)25-10-13-27-14-11-25;/h3,5,9H,4,6-8,10-16H2,1-2H3,(H2,21,23,24);1H. The Morgan fingerprint density at radius 1 is 1.32 bits per heavy atom. The normalized spacial score (nSPS) is 18.8. The van der Waals surface area contributed by atoms with Crippen LogP contribution in [-0.2, 0) is 16.0 Å². The number of hydrogen-bond acceptors (Lipinski definition) is 5. The van der Waals surface area contributed by atoms with Gasteiger partial charge in [-0.3, -0.25) is 4.99 Å². The van der Waals surface area contributed by atoms with Crippen molar-refractivity contribution in [3.8, 4) is 0 Å². The Morgan fingerprint density at radius 2 is 2.11 bits per heavy atom. The predicted molar refractivity (Wildman–Crippen MR) is 124 cm³/mol. The number of aliphatic imine (C=N–C) groups is 1. The van der Waals surface area contributed by atoms with Crippen molar-refractivity contribution in [1.82, 2.24) is 15.6 Å². The number of methoxy groups -OCH3 is 1. The molecule has 1 aromatic rings. The van der Waals surface area contributed by atoms with Crippen LogP contribution in [0, 0.1) is 5.41 Å². The number of hydrogen-bond donors (Lipinski definition) is 2. The first-order chi connectivity index (χ1) is 13.3. The zero-order chi connectivity index (χ0) is 19.0. The highest BCUT2D eigenvalue weighted by Crippen LogP contribution is 2.43. The molecule has 0 amide bonds. The molecular weight excluding hydrogens is 469 g/mol. The highest BCUT2D eigenvalue weighted by atomic mass is 127. The number of nitrogens with one attached hydrogen (secondary N) is 2. The van der Waals surface area contributed by atoms with E-state index in [1.165, 1.54) is 24.8 Å². The van der Waals surface area contributed by atoms with Crippen LogP contribution >= 0.6 is 24.0 Å². The van der Waals surface area contributed by atoms with Gasteiger partial charge in [0.05, 0.1) is 13.2 Å². The maximum atomic E-state index is 5.46. The number of morpholine rings is 1. The Morgan fingerprint density at radius 3 is 2.75 bits per heavy atom. The summed E-state index contributed by atoms with van der Waals surface area (Å²) >= 11 is 0. The first kappa shape index (κ1) is 23.2. The van der Waals surface area contributed by atoms with Crippen molar-refractivity contribution in [3.63, 3.8) is 0 Å². The summed E-state index contributed by atoms with van der Waals surface area (Å²) in [6.45, 7) is 5.77. The third-order valence-electron chi connectivity index (χ3n) is 5.73. The minimum Gasteiger partial charge on any atom is -0.385 e. The lowest BCUT2D eigenvalue weighted by molar-refractivity contribution is 0.0732. The van der Waals surface area contributed by atoms with Gasteiger partial charge in [0.15, 0.2) is 5.96 Å². The van der Waals surface area contributed by atoms with Crippen LogP contribution in [0.15, 0.2) is 23.3 Å². The summed E-state index contributed by atoms with van der Waals surface area (Å²) in [4.78, 5) is 11.3. The maximum Gasteiger partial charge on any atom is 0.191 e. The van der Waals surface area contributed by atoms with Crippen molar-refractivity contribution in [2.45, 2.75) is 32.2 Å². The first-order valence-corrected chi connectivity index (χ1v) is 9.96. The number of ether oxygens (including phenoxy) is 2. The molecule has 1 aromatic heterocycles. The third-order valence-corrected chi connectivity index (χ3v) is 5.73. The molecule has 158 valence electrons. The van der Waals surface area contributed by atoms with Crippen LogP contribution < -0.4 is 15.5 Å². The summed E-state index contributed by atoms with van der Waals surface area (Å²) in [5, 5.41) is 6.97. The molecule has 28 heavy (non-hydrogen) atoms. The molecule has 2 fully saturated rings. The van der Waals surface area contributed by atoms with Crippen molar-refractivity contribution in [2.75, 3.05) is 58.5 Å². The SMILES string of the molecule is CN=C(NCc1cccnc1N1CCOCC1)NCC1(CCOC)CCC1.I. The molecular formula is C20H34IN5O2. The van der Waals surface area contributed by atoms with E-state index in [9.17, 15) is 0 Å². The quantitative estimate of drug-likeness (QED) is 0.323. The van der Waals surface area contributed by atoms with Crippen LogP contribution in [0.3, 0.4) is 0 Å². The summed E-state index contributed by atoms with van der Waals surface area (Å²) in [5.74, 6) is 1.88. The smallest absolute Gasteiger partial charge is 0.191 e. The Kier molecular flexibility index (Phi) is 9.73. The van der Waals surface area contributed by atoms with E-state index in [1.54, 1.807) is 7.11 Å². The lowest BCUT2D eigenvalue weighted by atomic mass is 9.67. The Hall–Kier alpha value is -1.13. The summed E-state index contributed by atoms with van der Waals surface area (Å²) in [6.07, 6.45) is 6.82. The van der Waals surface area contributed by atoms with Gasteiger partial charge in [0.25, 0.3) is 0 Å². The number of pyridine rings is 1. The van der Waals surface area contributed by atoms with E-state index < -0.39 is 0 Å². The Labute approximate surface area is 185 Å². The minimum absolute atomic E-state index is 0. The van der Waals surface area contributed by atoms with E-state index in [2.05, 4.69) is 31.6 Å². The van der Waals surface area contributed by atoms with Gasteiger partial charge in [-0.1, -0.05) is 12.5 Å². The summed E-state index contributed by atoms with van der Waals surface area (Å²) in [6, 6.07) is 4.12. The van der Waals surface area contributed by atoms with Gasteiger partial charge in [0, 0.05) is 58.7 Å². The fourth-order valence-corrected chi connectivity index (χ4v) is 3.81. The zero-order valence-electron chi connectivity index (χ0n) is 17.1. The van der Waals surface area contributed by atoms with Gasteiger partial charge >= 0.3 is 0 Å². The molecule has 2 N–H and O–H groups in total. The van der Waals surface area contributed by atoms with Gasteiger partial charge in [0.2, 0.25) is 0 Å². The second-order valence-electron chi connectivity index (χ2n) is 7.46. The maximum absolute atomic E-state index is 5.46. The molecule has 0 aromatic carbocycles. The van der Waals surface area contributed by atoms with Crippen LogP contribution in [0.2, 0.25) is 0 Å². The van der Waals surface area contributed by atoms with Gasteiger partial charge in [0.1, 0.15) is 5.82 Å². The van der Waals surface area contributed by atoms with Gasteiger partial charge in [-0.2, -0.15) is 0 Å². The van der Waals surface area contributed by atoms with E-state index in [1.807, 2.05) is 19.3 Å². The highest BCUT2D eigenvalue weighted by molar-refractivity contribution is 14.0. The van der Waals surface area contributed by atoms with Crippen LogP contribution in [0.1, 0.15) is 31.2 Å². The topological polar surface area (TPSA) is 71.0 Å². The molecule has 2 heterocycles. The molecule has 0 spiro atoms. The summed E-state index contributed by atoms with van der Waals surface area (Å²) < 4.78 is 10.7. The number of nitrogens with zero attached hydrogens (tertiary/aromatic N) is 3. The summed E-state index contributed by atoms with van der Waals surface area (Å²) in [7, 11) is 3.60. The Balaban J connectivity index is 0.00000280. The average Bonchev–Trinajstić information content (AvgIpc) is 2.70. The lowest BCUT2D eigenvalue weighted by Gasteiger charge is -2.42. The second-order valence-corrected chi connectivity index (χ2v) is 7.46. The first-order valence-electron chi connectivity index (χ1n) is 9.96. The molecule has 0 atom stereocenters. The van der Waals surface area contributed by atoms with E-state index in [0.717, 1.165) is 57.7 Å². The highest BCUT2D eigenvalue weighted by Gasteiger charge is 2.36. The second kappa shape index (κ2) is 11.8. The van der Waals surface area contributed by atoms with Crippen LogP contribution in [-0.4, -0.2) is 64.6 Å². The van der Waals surface area contributed by atoms with Gasteiger partial charge in [-0.15, -0.1) is 24.0 Å². The van der Waals surface area contributed by atoms with Crippen molar-refractivity contribution in [1.29, 1.82) is 0 Å². The van der Waals surface area contributed by atoms with Crippen LogP contribution in [0.5, 0.6) is 0 Å². The average molecular weight is 503 g/mol. The van der Waals surface area contributed by atoms with E-state index in [4.69, 9.17) is 9.47 Å². The largest absolute Gasteiger partial charge is 0.385 e. The van der Waals surface area contributed by atoms with Gasteiger partial charge in [-0.25, -0.2) is 4.98 Å². The molecule has 7 nitrogen and oxygen atoms in total. The van der Waals surface area contributed by atoms with Crippen molar-refractivity contribution >= 4 is 35.8 Å². The number of aromatic nitrogens is 1. The third kappa shape index (κ3) is 6.18. The molecule has 1 aliphatic carbocycles. The van der Waals surface area contributed by atoms with E-state index in [0.29, 0.717) is 12.0 Å². The predicted octanol–water partition coefficient (Wildman–Crippen LogP) is 2.41. The molecule has 1 saturated carbocycles. The fraction of sp³-hybridized carbons (Fsp3) is 0.700. The zero-order valence-corrected chi connectivity index (χ0v) is 19.4. The van der Waals surface area contributed by atoms with Crippen LogP contribution in [0.4, 0.5) is 5.82 Å². The van der Waals surface area contributed by atoms with Gasteiger partial charge in [-0.05, 0) is 30.7 Å². The fourth-order valence-electron chi connectivity index (χ4n) is 3.81. The van der Waals surface area contributed by atoms with E-state index >= 15 is 0 Å². The number of rotatable bonds is 8. The number of guanidine groups is 1. The number of anilines is 1. The monoisotopic (exact) mass is 503 g/mol. The summed E-state index contributed by atoms with van der Waals surface area (Å²) in [5.41, 5.74) is 1.54. The van der Waals surface area contributed by atoms with E-state index in [-0.39, 0.29) is 24.0 Å². The molecule has 3 rings (SSSR count).